The van der Waals surface area contributed by atoms with Crippen LogP contribution in [0.1, 0.15) is 13.8 Å². The summed E-state index contributed by atoms with van der Waals surface area (Å²) in [6, 6.07) is -0.716. The number of carbonyl (C=O) groups is 2. The van der Waals surface area contributed by atoms with Crippen LogP contribution in [0.25, 0.3) is 0 Å². The first kappa shape index (κ1) is 13.2. The highest BCUT2D eigenvalue weighted by Crippen LogP contribution is 2.57. The Morgan fingerprint density at radius 3 is 2.76 bits per heavy atom. The molecular weight excluding hydrogens is 309 g/mol. The molecule has 2 radical (unpaired) electrons. The van der Waals surface area contributed by atoms with Gasteiger partial charge in [0.25, 0.3) is 0 Å². The molecule has 2 aliphatic rings. The summed E-state index contributed by atoms with van der Waals surface area (Å²) in [5.74, 6) is -0.940. The Morgan fingerprint density at radius 2 is 2.29 bits per heavy atom. The van der Waals surface area contributed by atoms with Crippen molar-refractivity contribution < 1.29 is 19.3 Å². The van der Waals surface area contributed by atoms with Crippen LogP contribution in [0.3, 0.4) is 0 Å². The molecule has 3 unspecified atom stereocenters. The fourth-order valence-corrected chi connectivity index (χ4v) is 4.59. The number of fused-ring (bicyclic) bond motifs is 1. The number of aliphatic hydroxyl groups is 1. The van der Waals surface area contributed by atoms with Gasteiger partial charge in [0, 0.05) is 4.75 Å². The van der Waals surface area contributed by atoms with Gasteiger partial charge in [-0.1, -0.05) is 15.9 Å². The van der Waals surface area contributed by atoms with Gasteiger partial charge in [-0.05, 0) is 13.8 Å². The minimum atomic E-state index is -0.988. The summed E-state index contributed by atoms with van der Waals surface area (Å²) >= 11 is 4.69. The lowest BCUT2D eigenvalue weighted by Gasteiger charge is -2.49. The maximum atomic E-state index is 12.0. The first-order valence-electron chi connectivity index (χ1n) is 5.00. The Labute approximate surface area is 113 Å². The van der Waals surface area contributed by atoms with Crippen LogP contribution in [0, 0.1) is 0 Å². The maximum absolute atomic E-state index is 12.0. The second-order valence-electron chi connectivity index (χ2n) is 4.65. The van der Waals surface area contributed by atoms with Crippen molar-refractivity contribution >= 4 is 47.6 Å². The molecule has 92 valence electrons. The molecule has 0 aromatic rings. The van der Waals surface area contributed by atoms with Gasteiger partial charge >= 0.3 is 14.0 Å². The van der Waals surface area contributed by atoms with E-state index in [0.29, 0.717) is 0 Å². The van der Waals surface area contributed by atoms with E-state index < -0.39 is 21.1 Å². The third-order valence-electron chi connectivity index (χ3n) is 3.16. The zero-order chi connectivity index (χ0) is 13.0. The minimum Gasteiger partial charge on any atom is -0.542 e. The summed E-state index contributed by atoms with van der Waals surface area (Å²) in [4.78, 5) is 25.0. The van der Waals surface area contributed by atoms with Gasteiger partial charge < -0.3 is 14.7 Å². The highest BCUT2D eigenvalue weighted by molar-refractivity contribution is 9.10. The molecule has 2 heterocycles. The van der Waals surface area contributed by atoms with Crippen LogP contribution < -0.4 is 0 Å². The van der Waals surface area contributed by atoms with Gasteiger partial charge in [0.05, 0.1) is 6.61 Å². The first-order chi connectivity index (χ1) is 7.79. The fourth-order valence-electron chi connectivity index (χ4n) is 2.28. The molecule has 0 saturated carbocycles. The average molecular weight is 320 g/mol. The number of aliphatic hydroxyl groups excluding tert-OH is 1. The van der Waals surface area contributed by atoms with E-state index in [1.807, 2.05) is 13.8 Å². The molecule has 2 aliphatic heterocycles. The van der Waals surface area contributed by atoms with Crippen LogP contribution in [-0.2, 0) is 14.2 Å². The summed E-state index contributed by atoms with van der Waals surface area (Å²) in [5, 5.41) is 8.99. The van der Waals surface area contributed by atoms with Crippen LogP contribution >= 0.6 is 27.7 Å². The molecule has 2 fully saturated rings. The quantitative estimate of drug-likeness (QED) is 0.434. The molecular formula is C9H11BBrNO4S. The number of nitrogens with zero attached hydrogens (tertiary/aromatic N) is 1. The van der Waals surface area contributed by atoms with Crippen molar-refractivity contribution in [1.29, 1.82) is 0 Å². The zero-order valence-corrected chi connectivity index (χ0v) is 11.7. The largest absolute Gasteiger partial charge is 0.542 e. The molecule has 0 spiro atoms. The molecule has 0 bridgehead atoms. The zero-order valence-electron chi connectivity index (χ0n) is 9.34. The third-order valence-corrected chi connectivity index (χ3v) is 6.17. The molecule has 3 atom stereocenters. The van der Waals surface area contributed by atoms with Crippen LogP contribution in [0.5, 0.6) is 0 Å². The van der Waals surface area contributed by atoms with Gasteiger partial charge in [-0.3, -0.25) is 9.59 Å². The fraction of sp³-hybridized carbons (Fsp3) is 0.778. The minimum absolute atomic E-state index is 0.279. The summed E-state index contributed by atoms with van der Waals surface area (Å²) in [6.07, 6.45) is 0. The summed E-state index contributed by atoms with van der Waals surface area (Å²) in [5.41, 5.74) is 0. The van der Waals surface area contributed by atoms with Crippen molar-refractivity contribution in [2.24, 2.45) is 0 Å². The molecule has 2 rings (SSSR count). The SMILES string of the molecule is [B]OC(=O)C1N2C(=O)C(Br)(CO)C2SC1(C)C. The van der Waals surface area contributed by atoms with Gasteiger partial charge in [-0.15, -0.1) is 11.8 Å². The van der Waals surface area contributed by atoms with Crippen molar-refractivity contribution in [3.05, 3.63) is 0 Å². The van der Waals surface area contributed by atoms with Crippen molar-refractivity contribution in [2.75, 3.05) is 6.61 Å². The highest BCUT2D eigenvalue weighted by Gasteiger charge is 2.70. The molecule has 0 aromatic heterocycles. The Hall–Kier alpha value is -0.205. The summed E-state index contributed by atoms with van der Waals surface area (Å²) in [6.45, 7) is 3.38. The van der Waals surface area contributed by atoms with E-state index >= 15 is 0 Å². The Bertz CT molecular complexity index is 393. The number of amides is 1. The van der Waals surface area contributed by atoms with Gasteiger partial charge in [0.1, 0.15) is 11.4 Å². The number of halogens is 1. The predicted molar refractivity (Wildman–Crippen MR) is 66.7 cm³/mol. The standard InChI is InChI=1S/C9H11BBrNO4S/c1-8(2)4(5(14)16-10)12-6(15)9(11,3-13)7(12)17-8/h4,7,13H,3H2,1-2H3. The molecule has 17 heavy (non-hydrogen) atoms. The summed E-state index contributed by atoms with van der Waals surface area (Å²) < 4.78 is 2.76. The van der Waals surface area contributed by atoms with Gasteiger partial charge in [0.2, 0.25) is 5.91 Å². The molecule has 5 nitrogen and oxygen atoms in total. The first-order valence-corrected chi connectivity index (χ1v) is 6.68. The number of alkyl halides is 1. The van der Waals surface area contributed by atoms with Crippen LogP contribution in [-0.4, -0.2) is 57.0 Å². The predicted octanol–water partition coefficient (Wildman–Crippen LogP) is -0.199. The van der Waals surface area contributed by atoms with Crippen LogP contribution in [0.2, 0.25) is 0 Å². The number of thioether (sulfide) groups is 1. The Morgan fingerprint density at radius 1 is 1.71 bits per heavy atom. The molecule has 2 saturated heterocycles. The van der Waals surface area contributed by atoms with E-state index in [1.54, 1.807) is 0 Å². The van der Waals surface area contributed by atoms with Crippen molar-refractivity contribution in [3.63, 3.8) is 0 Å². The Kier molecular flexibility index (Phi) is 3.03. The Balaban J connectivity index is 2.33. The van der Waals surface area contributed by atoms with Gasteiger partial charge in [0.15, 0.2) is 4.32 Å². The molecule has 8 heteroatoms. The van der Waals surface area contributed by atoms with Gasteiger partial charge in [-0.25, -0.2) is 0 Å². The molecule has 1 N–H and O–H groups in total. The van der Waals surface area contributed by atoms with E-state index in [9.17, 15) is 14.7 Å². The second-order valence-corrected chi connectivity index (χ2v) is 7.80. The maximum Gasteiger partial charge on any atom is 0.378 e. The second kappa shape index (κ2) is 3.89. The summed E-state index contributed by atoms with van der Waals surface area (Å²) in [7, 11) is 4.89. The average Bonchev–Trinajstić information content (AvgIpc) is 2.57. The van der Waals surface area contributed by atoms with E-state index in [-0.39, 0.29) is 17.9 Å². The van der Waals surface area contributed by atoms with E-state index in [0.717, 1.165) is 0 Å². The van der Waals surface area contributed by atoms with Crippen LogP contribution in [0.4, 0.5) is 0 Å². The van der Waals surface area contributed by atoms with Crippen molar-refractivity contribution in [2.45, 2.75) is 34.3 Å². The normalized spacial score (nSPS) is 38.6. The number of β-lactam (4-membered cyclic amide) rings is 1. The smallest absolute Gasteiger partial charge is 0.378 e. The number of rotatable bonds is 2. The monoisotopic (exact) mass is 319 g/mol. The number of carbonyl (C=O) groups excluding carboxylic acids is 2. The van der Waals surface area contributed by atoms with E-state index in [2.05, 4.69) is 20.6 Å². The van der Waals surface area contributed by atoms with Crippen LogP contribution in [0.15, 0.2) is 0 Å². The van der Waals surface area contributed by atoms with Gasteiger partial charge in [-0.2, -0.15) is 0 Å². The lowest BCUT2D eigenvalue weighted by molar-refractivity contribution is -0.160. The molecule has 0 aromatic carbocycles. The third kappa shape index (κ3) is 1.57. The number of hydrogen-bond donors (Lipinski definition) is 1. The molecule has 0 aliphatic carbocycles. The topological polar surface area (TPSA) is 66.8 Å². The van der Waals surface area contributed by atoms with E-state index in [4.69, 9.17) is 8.05 Å². The van der Waals surface area contributed by atoms with E-state index in [1.165, 1.54) is 16.7 Å². The molecule has 1 amide bonds. The highest BCUT2D eigenvalue weighted by atomic mass is 79.9. The lowest BCUT2D eigenvalue weighted by Crippen LogP contribution is -2.72. The van der Waals surface area contributed by atoms with Crippen molar-refractivity contribution in [1.82, 2.24) is 4.90 Å². The number of hydrogen-bond acceptors (Lipinski definition) is 5. The lowest BCUT2D eigenvalue weighted by atomic mass is 9.92. The van der Waals surface area contributed by atoms with Crippen molar-refractivity contribution in [3.8, 4) is 0 Å².